The number of carbonyl (C=O) groups is 1. The number of aliphatic hydroxyl groups is 1. The highest BCUT2D eigenvalue weighted by Gasteiger charge is 2.40. The molecule has 0 saturated heterocycles. The van der Waals surface area contributed by atoms with Crippen molar-refractivity contribution in [2.45, 2.75) is 72.8 Å². The lowest BCUT2D eigenvalue weighted by Gasteiger charge is -2.32. The van der Waals surface area contributed by atoms with Crippen molar-refractivity contribution in [1.82, 2.24) is 0 Å². The molecule has 0 spiro atoms. The predicted molar refractivity (Wildman–Crippen MR) is 114 cm³/mol. The third kappa shape index (κ3) is 7.31. The number of hydrogen-bond donors (Lipinski definition) is 1. The first-order chi connectivity index (χ1) is 12.7. The molecule has 27 heavy (non-hydrogen) atoms. The lowest BCUT2D eigenvalue weighted by Crippen LogP contribution is -2.38. The Morgan fingerprint density at radius 1 is 1.07 bits per heavy atom. The number of aliphatic hydroxyl groups excluding tert-OH is 1. The first kappa shape index (κ1) is 23.7. The Hall–Kier alpha value is -1.32. The van der Waals surface area contributed by atoms with Crippen LogP contribution in [-0.2, 0) is 9.53 Å². The maximum absolute atomic E-state index is 12.6. The second-order valence-electron chi connectivity index (χ2n) is 7.85. The van der Waals surface area contributed by atoms with E-state index in [4.69, 9.17) is 16.3 Å². The first-order valence-electron chi connectivity index (χ1n) is 9.79. The number of ketones is 1. The van der Waals surface area contributed by atoms with Crippen molar-refractivity contribution in [3.05, 3.63) is 45.7 Å². The number of allylic oxidation sites excluding steroid dienone is 7. The van der Waals surface area contributed by atoms with E-state index in [1.54, 1.807) is 0 Å². The second-order valence-corrected chi connectivity index (χ2v) is 8.26. The van der Waals surface area contributed by atoms with Gasteiger partial charge in [-0.25, -0.2) is 0 Å². The van der Waals surface area contributed by atoms with Crippen LogP contribution in [0.3, 0.4) is 0 Å². The van der Waals surface area contributed by atoms with Gasteiger partial charge in [0.15, 0.2) is 5.76 Å². The molecule has 152 valence electrons. The van der Waals surface area contributed by atoms with Crippen molar-refractivity contribution < 1.29 is 14.6 Å². The van der Waals surface area contributed by atoms with Crippen LogP contribution in [0.25, 0.3) is 0 Å². The predicted octanol–water partition coefficient (Wildman–Crippen LogP) is 6.09. The summed E-state index contributed by atoms with van der Waals surface area (Å²) in [6, 6.07) is 0. The summed E-state index contributed by atoms with van der Waals surface area (Å²) in [5, 5.41) is 10.4. The topological polar surface area (TPSA) is 46.5 Å². The lowest BCUT2D eigenvalue weighted by molar-refractivity contribution is -0.126. The highest BCUT2D eigenvalue weighted by molar-refractivity contribution is 6.32. The SMILES string of the molecule is COC1=C(Cl)C(O)C(C)C(CC=C(C)CCC=C(C)CCC=C(C)C)C1=O. The van der Waals surface area contributed by atoms with E-state index in [1.807, 2.05) is 6.92 Å². The van der Waals surface area contributed by atoms with Crippen molar-refractivity contribution in [2.75, 3.05) is 7.11 Å². The number of ether oxygens (including phenoxy) is 1. The molecule has 0 aromatic rings. The summed E-state index contributed by atoms with van der Waals surface area (Å²) in [5.41, 5.74) is 4.05. The molecule has 1 rings (SSSR count). The number of halogens is 1. The van der Waals surface area contributed by atoms with Crippen molar-refractivity contribution in [3.63, 3.8) is 0 Å². The fourth-order valence-corrected chi connectivity index (χ4v) is 3.67. The summed E-state index contributed by atoms with van der Waals surface area (Å²) >= 11 is 6.06. The Balaban J connectivity index is 2.59. The second kappa shape index (κ2) is 11.5. The van der Waals surface area contributed by atoms with E-state index in [9.17, 15) is 9.90 Å². The number of rotatable bonds is 9. The van der Waals surface area contributed by atoms with Crippen LogP contribution in [0.15, 0.2) is 45.7 Å². The zero-order valence-corrected chi connectivity index (χ0v) is 18.4. The van der Waals surface area contributed by atoms with Crippen LogP contribution >= 0.6 is 11.6 Å². The molecule has 3 atom stereocenters. The summed E-state index contributed by atoms with van der Waals surface area (Å²) in [4.78, 5) is 12.6. The molecular formula is C23H35ClO3. The molecule has 3 unspecified atom stereocenters. The Bertz CT molecular complexity index is 636. The van der Waals surface area contributed by atoms with Crippen molar-refractivity contribution in [2.24, 2.45) is 11.8 Å². The maximum atomic E-state index is 12.6. The molecule has 0 aliphatic heterocycles. The zero-order chi connectivity index (χ0) is 20.6. The number of Topliss-reactive ketones (excluding diaryl/α,β-unsaturated/α-hetero) is 1. The van der Waals surface area contributed by atoms with Crippen molar-refractivity contribution in [1.29, 1.82) is 0 Å². The van der Waals surface area contributed by atoms with E-state index < -0.39 is 6.10 Å². The molecule has 0 aromatic heterocycles. The zero-order valence-electron chi connectivity index (χ0n) is 17.6. The summed E-state index contributed by atoms with van der Waals surface area (Å²) < 4.78 is 5.12. The van der Waals surface area contributed by atoms with Gasteiger partial charge in [0, 0.05) is 5.92 Å². The van der Waals surface area contributed by atoms with Gasteiger partial charge < -0.3 is 9.84 Å². The van der Waals surface area contributed by atoms with Crippen molar-refractivity contribution >= 4 is 17.4 Å². The average Bonchev–Trinajstić information content (AvgIpc) is 2.60. The minimum absolute atomic E-state index is 0.105. The molecule has 0 heterocycles. The molecule has 0 amide bonds. The van der Waals surface area contributed by atoms with E-state index in [2.05, 4.69) is 45.9 Å². The normalized spacial score (nSPS) is 24.3. The van der Waals surface area contributed by atoms with E-state index in [0.29, 0.717) is 6.42 Å². The minimum atomic E-state index is -0.843. The lowest BCUT2D eigenvalue weighted by atomic mass is 9.78. The van der Waals surface area contributed by atoms with Gasteiger partial charge in [-0.3, -0.25) is 4.79 Å². The van der Waals surface area contributed by atoms with Gasteiger partial charge in [-0.2, -0.15) is 0 Å². The maximum Gasteiger partial charge on any atom is 0.202 e. The molecule has 0 bridgehead atoms. The van der Waals surface area contributed by atoms with E-state index >= 15 is 0 Å². The van der Waals surface area contributed by atoms with Crippen molar-refractivity contribution in [3.8, 4) is 0 Å². The summed E-state index contributed by atoms with van der Waals surface area (Å²) in [7, 11) is 1.42. The summed E-state index contributed by atoms with van der Waals surface area (Å²) in [5.74, 6) is -0.522. The quantitative estimate of drug-likeness (QED) is 0.481. The fraction of sp³-hybridized carbons (Fsp3) is 0.609. The average molecular weight is 395 g/mol. The molecule has 0 radical (unpaired) electrons. The molecular weight excluding hydrogens is 360 g/mol. The molecule has 0 fully saturated rings. The van der Waals surface area contributed by atoms with Gasteiger partial charge in [0.1, 0.15) is 0 Å². The monoisotopic (exact) mass is 394 g/mol. The summed E-state index contributed by atoms with van der Waals surface area (Å²) in [6.07, 6.45) is 10.6. The minimum Gasteiger partial charge on any atom is -0.492 e. The van der Waals surface area contributed by atoms with Gasteiger partial charge in [0.25, 0.3) is 0 Å². The van der Waals surface area contributed by atoms with Gasteiger partial charge >= 0.3 is 0 Å². The van der Waals surface area contributed by atoms with Crippen LogP contribution in [0.2, 0.25) is 0 Å². The third-order valence-corrected chi connectivity index (χ3v) is 5.61. The highest BCUT2D eigenvalue weighted by Crippen LogP contribution is 2.36. The van der Waals surface area contributed by atoms with Crippen LogP contribution in [0.4, 0.5) is 0 Å². The highest BCUT2D eigenvalue weighted by atomic mass is 35.5. The Morgan fingerprint density at radius 3 is 2.19 bits per heavy atom. The Labute approximate surface area is 169 Å². The van der Waals surface area contributed by atoms with E-state index in [-0.39, 0.29) is 28.4 Å². The van der Waals surface area contributed by atoms with Gasteiger partial charge in [0.2, 0.25) is 5.78 Å². The molecule has 1 aliphatic rings. The first-order valence-corrected chi connectivity index (χ1v) is 10.2. The van der Waals surface area contributed by atoms with Crippen LogP contribution in [0.5, 0.6) is 0 Å². The largest absolute Gasteiger partial charge is 0.492 e. The standard InChI is InChI=1S/C23H35ClO3/c1-15(2)9-7-10-16(3)11-8-12-17(4)13-14-19-18(5)21(25)20(24)23(27-6)22(19)26/h9,11,13,18-19,21,25H,7-8,10,12,14H2,1-6H3. The molecule has 3 nitrogen and oxygen atoms in total. The molecule has 4 heteroatoms. The van der Waals surface area contributed by atoms with Crippen LogP contribution in [-0.4, -0.2) is 24.1 Å². The number of hydrogen-bond acceptors (Lipinski definition) is 3. The molecule has 1 aliphatic carbocycles. The number of methoxy groups -OCH3 is 1. The van der Waals surface area contributed by atoms with Gasteiger partial charge in [0.05, 0.1) is 18.2 Å². The van der Waals surface area contributed by atoms with Gasteiger partial charge in [-0.05, 0) is 65.7 Å². The molecule has 1 N–H and O–H groups in total. The van der Waals surface area contributed by atoms with Crippen LogP contribution in [0.1, 0.15) is 66.7 Å². The van der Waals surface area contributed by atoms with Crippen LogP contribution < -0.4 is 0 Å². The number of carbonyl (C=O) groups excluding carboxylic acids is 1. The fourth-order valence-electron chi connectivity index (χ4n) is 3.30. The van der Waals surface area contributed by atoms with Gasteiger partial charge in [-0.15, -0.1) is 0 Å². The van der Waals surface area contributed by atoms with Gasteiger partial charge in [-0.1, -0.05) is 53.5 Å². The Morgan fingerprint density at radius 2 is 1.63 bits per heavy atom. The van der Waals surface area contributed by atoms with E-state index in [1.165, 1.54) is 23.8 Å². The molecule has 0 saturated carbocycles. The third-order valence-electron chi connectivity index (χ3n) is 5.22. The Kier molecular flexibility index (Phi) is 10.1. The smallest absolute Gasteiger partial charge is 0.202 e. The van der Waals surface area contributed by atoms with E-state index in [0.717, 1.165) is 25.7 Å². The molecule has 0 aromatic carbocycles. The van der Waals surface area contributed by atoms with Crippen LogP contribution in [0, 0.1) is 11.8 Å². The summed E-state index contributed by atoms with van der Waals surface area (Å²) in [6.45, 7) is 10.4.